The molecule has 0 heterocycles. The van der Waals surface area contributed by atoms with Crippen molar-refractivity contribution in [2.45, 2.75) is 57.5 Å². The molecular weight excluding hydrogens is 517 g/mol. The van der Waals surface area contributed by atoms with Crippen molar-refractivity contribution in [3.63, 3.8) is 0 Å². The Kier molecular flexibility index (Phi) is 10.6. The van der Waals surface area contributed by atoms with Crippen molar-refractivity contribution in [3.8, 4) is 0 Å². The van der Waals surface area contributed by atoms with E-state index in [0.29, 0.717) is 13.0 Å². The Bertz CT molecular complexity index is 1350. The lowest BCUT2D eigenvalue weighted by molar-refractivity contribution is -0.140. The van der Waals surface area contributed by atoms with Crippen LogP contribution in [0.15, 0.2) is 83.8 Å². The highest BCUT2D eigenvalue weighted by Crippen LogP contribution is 2.25. The predicted octanol–water partition coefficient (Wildman–Crippen LogP) is 5.05. The van der Waals surface area contributed by atoms with E-state index in [1.165, 1.54) is 29.2 Å². The number of hydrogen-bond acceptors (Lipinski definition) is 4. The molecule has 3 aromatic rings. The summed E-state index contributed by atoms with van der Waals surface area (Å²) in [5.74, 6) is -1.36. The molecule has 1 N–H and O–H groups in total. The molecule has 3 rings (SSSR count). The Morgan fingerprint density at radius 3 is 2.18 bits per heavy atom. The van der Waals surface area contributed by atoms with Crippen LogP contribution in [0.3, 0.4) is 0 Å². The van der Waals surface area contributed by atoms with E-state index in [1.807, 2.05) is 45.0 Å². The smallest absolute Gasteiger partial charge is 0.264 e. The topological polar surface area (TPSA) is 86.8 Å². The molecule has 1 atom stereocenters. The van der Waals surface area contributed by atoms with Crippen LogP contribution in [-0.2, 0) is 26.2 Å². The van der Waals surface area contributed by atoms with Gasteiger partial charge in [-0.25, -0.2) is 12.8 Å². The third-order valence-electron chi connectivity index (χ3n) is 6.54. The third-order valence-corrected chi connectivity index (χ3v) is 8.33. The van der Waals surface area contributed by atoms with Gasteiger partial charge in [-0.1, -0.05) is 62.7 Å². The number of rotatable bonds is 13. The van der Waals surface area contributed by atoms with Gasteiger partial charge in [-0.05, 0) is 67.3 Å². The van der Waals surface area contributed by atoms with Crippen molar-refractivity contribution >= 4 is 27.5 Å². The predicted molar refractivity (Wildman–Crippen MR) is 151 cm³/mol. The lowest BCUT2D eigenvalue weighted by atomic mass is 10.1. The van der Waals surface area contributed by atoms with Crippen LogP contribution in [-0.4, -0.2) is 44.3 Å². The maximum atomic E-state index is 14.0. The molecule has 0 aliphatic heterocycles. The minimum atomic E-state index is -4.18. The van der Waals surface area contributed by atoms with E-state index in [0.717, 1.165) is 40.4 Å². The quantitative estimate of drug-likeness (QED) is 0.300. The summed E-state index contributed by atoms with van der Waals surface area (Å²) in [6.07, 6.45) is 2.06. The maximum absolute atomic E-state index is 14.0. The number of carbonyl (C=O) groups is 2. The van der Waals surface area contributed by atoms with E-state index >= 15 is 0 Å². The van der Waals surface area contributed by atoms with E-state index in [4.69, 9.17) is 0 Å². The average molecular weight is 554 g/mol. The van der Waals surface area contributed by atoms with Crippen molar-refractivity contribution in [1.82, 2.24) is 10.2 Å². The summed E-state index contributed by atoms with van der Waals surface area (Å²) in [4.78, 5) is 28.6. The first-order valence-corrected chi connectivity index (χ1v) is 14.6. The zero-order valence-corrected chi connectivity index (χ0v) is 23.5. The summed E-state index contributed by atoms with van der Waals surface area (Å²) in [6, 6.07) is 19.5. The first-order chi connectivity index (χ1) is 18.7. The van der Waals surface area contributed by atoms with Gasteiger partial charge in [0.2, 0.25) is 11.8 Å². The molecule has 3 aromatic carbocycles. The Balaban J connectivity index is 2.02. The zero-order valence-electron chi connectivity index (χ0n) is 22.6. The molecule has 0 saturated carbocycles. The van der Waals surface area contributed by atoms with Crippen molar-refractivity contribution in [1.29, 1.82) is 0 Å². The Morgan fingerprint density at radius 2 is 1.56 bits per heavy atom. The summed E-state index contributed by atoms with van der Waals surface area (Å²) >= 11 is 0. The molecule has 0 bridgehead atoms. The van der Waals surface area contributed by atoms with Crippen LogP contribution in [0.25, 0.3) is 0 Å². The largest absolute Gasteiger partial charge is 0.354 e. The lowest BCUT2D eigenvalue weighted by Gasteiger charge is -2.33. The number of aryl methyl sites for hydroxylation is 1. The van der Waals surface area contributed by atoms with Crippen LogP contribution < -0.4 is 9.62 Å². The van der Waals surface area contributed by atoms with Gasteiger partial charge < -0.3 is 10.2 Å². The van der Waals surface area contributed by atoms with Gasteiger partial charge in [0.05, 0.1) is 10.6 Å². The SMILES string of the molecule is CCCCNC(=O)C(CC)N(Cc1ccccc1C)C(=O)CN(c1ccc(F)cc1)S(=O)(=O)c1ccccc1. The number of anilines is 1. The summed E-state index contributed by atoms with van der Waals surface area (Å²) in [5, 5.41) is 2.91. The minimum Gasteiger partial charge on any atom is -0.354 e. The molecule has 0 spiro atoms. The first kappa shape index (κ1) is 29.8. The number of nitrogens with zero attached hydrogens (tertiary/aromatic N) is 2. The fourth-order valence-electron chi connectivity index (χ4n) is 4.25. The van der Waals surface area contributed by atoms with E-state index in [2.05, 4.69) is 5.32 Å². The normalized spacial score (nSPS) is 12.0. The summed E-state index contributed by atoms with van der Waals surface area (Å²) in [5.41, 5.74) is 1.94. The molecular formula is C30H36FN3O4S. The third kappa shape index (κ3) is 7.66. The molecule has 39 heavy (non-hydrogen) atoms. The van der Waals surface area contributed by atoms with Crippen LogP contribution >= 0.6 is 0 Å². The van der Waals surface area contributed by atoms with Crippen LogP contribution in [0, 0.1) is 12.7 Å². The molecule has 0 aliphatic carbocycles. The molecule has 9 heteroatoms. The van der Waals surface area contributed by atoms with Gasteiger partial charge >= 0.3 is 0 Å². The van der Waals surface area contributed by atoms with Gasteiger partial charge in [0, 0.05) is 13.1 Å². The number of hydrogen-bond donors (Lipinski definition) is 1. The fourth-order valence-corrected chi connectivity index (χ4v) is 5.69. The molecule has 0 fully saturated rings. The van der Waals surface area contributed by atoms with Gasteiger partial charge in [0.1, 0.15) is 18.4 Å². The summed E-state index contributed by atoms with van der Waals surface area (Å²) in [7, 11) is -4.18. The van der Waals surface area contributed by atoms with Gasteiger partial charge in [0.25, 0.3) is 10.0 Å². The molecule has 208 valence electrons. The van der Waals surface area contributed by atoms with E-state index in [1.54, 1.807) is 18.2 Å². The van der Waals surface area contributed by atoms with E-state index < -0.39 is 34.3 Å². The van der Waals surface area contributed by atoms with Crippen LogP contribution in [0.4, 0.5) is 10.1 Å². The minimum absolute atomic E-state index is 0.00284. The molecule has 0 aromatic heterocycles. The number of amides is 2. The molecule has 7 nitrogen and oxygen atoms in total. The summed E-state index contributed by atoms with van der Waals surface area (Å²) < 4.78 is 42.1. The van der Waals surface area contributed by atoms with Gasteiger partial charge in [-0.3, -0.25) is 13.9 Å². The maximum Gasteiger partial charge on any atom is 0.264 e. The molecule has 2 amide bonds. The number of halogens is 1. The summed E-state index contributed by atoms with van der Waals surface area (Å²) in [6.45, 7) is 5.82. The van der Waals surface area contributed by atoms with Crippen molar-refractivity contribution < 1.29 is 22.4 Å². The highest BCUT2D eigenvalue weighted by Gasteiger charge is 2.33. The molecule has 0 radical (unpaired) electrons. The van der Waals surface area contributed by atoms with Crippen LogP contribution in [0.2, 0.25) is 0 Å². The second kappa shape index (κ2) is 13.9. The number of benzene rings is 3. The Hall–Kier alpha value is -3.72. The van der Waals surface area contributed by atoms with Crippen LogP contribution in [0.5, 0.6) is 0 Å². The van der Waals surface area contributed by atoms with Crippen molar-refractivity contribution in [2.75, 3.05) is 17.4 Å². The van der Waals surface area contributed by atoms with Crippen LogP contribution in [0.1, 0.15) is 44.2 Å². The molecule has 0 aliphatic rings. The second-order valence-electron chi connectivity index (χ2n) is 9.32. The Morgan fingerprint density at radius 1 is 0.923 bits per heavy atom. The Labute approximate surface area is 230 Å². The van der Waals surface area contributed by atoms with Crippen molar-refractivity contribution in [2.24, 2.45) is 0 Å². The number of carbonyl (C=O) groups excluding carboxylic acids is 2. The van der Waals surface area contributed by atoms with E-state index in [9.17, 15) is 22.4 Å². The molecule has 0 saturated heterocycles. The van der Waals surface area contributed by atoms with Gasteiger partial charge in [0.15, 0.2) is 0 Å². The van der Waals surface area contributed by atoms with E-state index in [-0.39, 0.29) is 23.0 Å². The zero-order chi connectivity index (χ0) is 28.4. The number of sulfonamides is 1. The van der Waals surface area contributed by atoms with Gasteiger partial charge in [-0.2, -0.15) is 0 Å². The average Bonchev–Trinajstić information content (AvgIpc) is 2.93. The monoisotopic (exact) mass is 553 g/mol. The van der Waals surface area contributed by atoms with Gasteiger partial charge in [-0.15, -0.1) is 0 Å². The number of nitrogens with one attached hydrogen (secondary N) is 1. The highest BCUT2D eigenvalue weighted by atomic mass is 32.2. The highest BCUT2D eigenvalue weighted by molar-refractivity contribution is 7.92. The first-order valence-electron chi connectivity index (χ1n) is 13.1. The second-order valence-corrected chi connectivity index (χ2v) is 11.2. The standard InChI is InChI=1S/C30H36FN3O4S/c1-4-6-20-32-30(36)28(5-2)33(21-24-13-11-10-12-23(24)3)29(35)22-34(26-18-16-25(31)17-19-26)39(37,38)27-14-8-7-9-15-27/h7-19,28H,4-6,20-22H2,1-3H3,(H,32,36). The lowest BCUT2D eigenvalue weighted by Crippen LogP contribution is -2.52. The van der Waals surface area contributed by atoms with Crippen molar-refractivity contribution in [3.05, 3.63) is 95.8 Å². The molecule has 1 unspecified atom stereocenters. The number of unbranched alkanes of at least 4 members (excludes halogenated alkanes) is 1. The fraction of sp³-hybridized carbons (Fsp3) is 0.333.